The van der Waals surface area contributed by atoms with Gasteiger partial charge in [0, 0.05) is 25.1 Å². The highest BCUT2D eigenvalue weighted by atomic mass is 16.6. The number of aromatic nitrogens is 2. The minimum absolute atomic E-state index is 0.00968. The Bertz CT molecular complexity index is 1560. The van der Waals surface area contributed by atoms with Crippen molar-refractivity contribution < 1.29 is 28.8 Å². The molecule has 1 aliphatic heterocycles. The number of aryl methyl sites for hydroxylation is 1. The molecule has 1 saturated heterocycles. The number of amides is 1. The normalized spacial score (nSPS) is 18.3. The maximum absolute atomic E-state index is 12.8. The molecule has 0 aliphatic carbocycles. The molecule has 0 spiro atoms. The molecule has 0 unspecified atom stereocenters. The molecule has 4 aromatic rings. The van der Waals surface area contributed by atoms with Crippen LogP contribution in [0.2, 0.25) is 0 Å². The van der Waals surface area contributed by atoms with Crippen molar-refractivity contribution in [3.05, 3.63) is 118 Å². The topological polar surface area (TPSA) is 121 Å². The molecular formula is C33H35N3O7. The van der Waals surface area contributed by atoms with Crippen LogP contribution in [0.15, 0.2) is 89.9 Å². The van der Waals surface area contributed by atoms with Crippen LogP contribution in [-0.4, -0.2) is 53.6 Å². The van der Waals surface area contributed by atoms with Gasteiger partial charge in [-0.3, -0.25) is 9.36 Å². The summed E-state index contributed by atoms with van der Waals surface area (Å²) in [6.45, 7) is 3.09. The predicted molar refractivity (Wildman–Crippen MR) is 160 cm³/mol. The molecule has 0 radical (unpaired) electrons. The Kier molecular flexibility index (Phi) is 8.91. The van der Waals surface area contributed by atoms with Gasteiger partial charge in [0.25, 0.3) is 0 Å². The molecule has 2 heterocycles. The standard InChI is InChI=1S/C33H35N3O7/c1-21-19-36(32(39)35-31(21)34-22(2)37)30-18-28(38)29(43-30)20-42-33(23-8-6-5-7-9-23,24-10-14-26(40-3)15-11-24)25-12-16-27(41-4)17-13-25/h5-17,19,28-30,38H,18,20H2,1-4H3,(H,34,35,37,39)/t28-,29+,30+/m0/s1. The van der Waals surface area contributed by atoms with Crippen LogP contribution in [0.4, 0.5) is 5.82 Å². The monoisotopic (exact) mass is 585 g/mol. The van der Waals surface area contributed by atoms with Gasteiger partial charge in [-0.05, 0) is 47.9 Å². The summed E-state index contributed by atoms with van der Waals surface area (Å²) in [5.74, 6) is 1.28. The van der Waals surface area contributed by atoms with Gasteiger partial charge in [-0.25, -0.2) is 4.79 Å². The molecule has 3 aromatic carbocycles. The fraction of sp³-hybridized carbons (Fsp3) is 0.303. The van der Waals surface area contributed by atoms with Crippen molar-refractivity contribution in [2.75, 3.05) is 26.1 Å². The summed E-state index contributed by atoms with van der Waals surface area (Å²) in [7, 11) is 3.23. The lowest BCUT2D eigenvalue weighted by Crippen LogP contribution is -2.38. The molecule has 10 heteroatoms. The van der Waals surface area contributed by atoms with E-state index in [4.69, 9.17) is 18.9 Å². The van der Waals surface area contributed by atoms with Crippen molar-refractivity contribution in [3.8, 4) is 11.5 Å². The second-order valence-corrected chi connectivity index (χ2v) is 10.4. The highest BCUT2D eigenvalue weighted by molar-refractivity contribution is 5.88. The molecule has 1 amide bonds. The van der Waals surface area contributed by atoms with Gasteiger partial charge >= 0.3 is 5.69 Å². The zero-order chi connectivity index (χ0) is 30.6. The Labute approximate surface area is 249 Å². The van der Waals surface area contributed by atoms with Gasteiger partial charge in [0.1, 0.15) is 35.2 Å². The number of carbonyl (C=O) groups is 1. The molecule has 224 valence electrons. The van der Waals surface area contributed by atoms with E-state index in [1.165, 1.54) is 11.5 Å². The Morgan fingerprint density at radius 1 is 0.977 bits per heavy atom. The number of hydrogen-bond donors (Lipinski definition) is 2. The van der Waals surface area contributed by atoms with Gasteiger partial charge in [0.05, 0.1) is 26.9 Å². The largest absolute Gasteiger partial charge is 0.497 e. The van der Waals surface area contributed by atoms with Gasteiger partial charge in [-0.1, -0.05) is 54.6 Å². The number of benzene rings is 3. The third kappa shape index (κ3) is 6.17. The van der Waals surface area contributed by atoms with Crippen LogP contribution in [0.5, 0.6) is 11.5 Å². The van der Waals surface area contributed by atoms with E-state index < -0.39 is 29.7 Å². The molecule has 10 nitrogen and oxygen atoms in total. The number of ether oxygens (including phenoxy) is 4. The number of anilines is 1. The van der Waals surface area contributed by atoms with Gasteiger partial charge < -0.3 is 29.4 Å². The summed E-state index contributed by atoms with van der Waals surface area (Å²) >= 11 is 0. The maximum Gasteiger partial charge on any atom is 0.351 e. The molecule has 0 bridgehead atoms. The Morgan fingerprint density at radius 3 is 2.07 bits per heavy atom. The number of nitrogens with zero attached hydrogens (tertiary/aromatic N) is 2. The van der Waals surface area contributed by atoms with Gasteiger partial charge in [-0.15, -0.1) is 0 Å². The molecule has 0 saturated carbocycles. The first kappa shape index (κ1) is 30.0. The first-order valence-electron chi connectivity index (χ1n) is 13.9. The summed E-state index contributed by atoms with van der Waals surface area (Å²) < 4.78 is 25.2. The van der Waals surface area contributed by atoms with Crippen molar-refractivity contribution in [1.82, 2.24) is 9.55 Å². The second kappa shape index (κ2) is 12.8. The van der Waals surface area contributed by atoms with E-state index in [1.54, 1.807) is 27.3 Å². The molecular weight excluding hydrogens is 550 g/mol. The number of carbonyl (C=O) groups excluding carboxylic acids is 1. The van der Waals surface area contributed by atoms with Gasteiger partial charge in [0.15, 0.2) is 0 Å². The highest BCUT2D eigenvalue weighted by Crippen LogP contribution is 2.42. The van der Waals surface area contributed by atoms with Crippen LogP contribution >= 0.6 is 0 Å². The van der Waals surface area contributed by atoms with E-state index in [1.807, 2.05) is 78.9 Å². The van der Waals surface area contributed by atoms with E-state index in [0.29, 0.717) is 17.1 Å². The zero-order valence-electron chi connectivity index (χ0n) is 24.5. The summed E-state index contributed by atoms with van der Waals surface area (Å²) in [5, 5.41) is 13.6. The number of nitrogens with one attached hydrogen (secondary N) is 1. The average Bonchev–Trinajstić information content (AvgIpc) is 3.39. The lowest BCUT2D eigenvalue weighted by atomic mass is 9.80. The number of hydrogen-bond acceptors (Lipinski definition) is 8. The Morgan fingerprint density at radius 2 is 1.53 bits per heavy atom. The highest BCUT2D eigenvalue weighted by Gasteiger charge is 2.42. The third-order valence-electron chi connectivity index (χ3n) is 7.58. The molecule has 43 heavy (non-hydrogen) atoms. The van der Waals surface area contributed by atoms with Crippen LogP contribution in [0.3, 0.4) is 0 Å². The van der Waals surface area contributed by atoms with Crippen LogP contribution in [0.25, 0.3) is 0 Å². The van der Waals surface area contributed by atoms with Crippen molar-refractivity contribution in [2.24, 2.45) is 0 Å². The van der Waals surface area contributed by atoms with Crippen molar-refractivity contribution in [1.29, 1.82) is 0 Å². The van der Waals surface area contributed by atoms with E-state index >= 15 is 0 Å². The lowest BCUT2D eigenvalue weighted by Gasteiger charge is -2.37. The van der Waals surface area contributed by atoms with Gasteiger partial charge in [0.2, 0.25) is 5.91 Å². The number of aliphatic hydroxyl groups is 1. The van der Waals surface area contributed by atoms with Crippen LogP contribution in [0, 0.1) is 6.92 Å². The zero-order valence-corrected chi connectivity index (χ0v) is 24.5. The number of aliphatic hydroxyl groups excluding tert-OH is 1. The summed E-state index contributed by atoms with van der Waals surface area (Å²) in [6, 6.07) is 25.2. The van der Waals surface area contributed by atoms with Gasteiger partial charge in [-0.2, -0.15) is 4.98 Å². The summed E-state index contributed by atoms with van der Waals surface area (Å²) in [4.78, 5) is 28.3. The summed E-state index contributed by atoms with van der Waals surface area (Å²) in [6.07, 6.45) is -0.677. The summed E-state index contributed by atoms with van der Waals surface area (Å²) in [5.41, 5.74) is 1.48. The first-order valence-corrected chi connectivity index (χ1v) is 13.9. The average molecular weight is 586 g/mol. The lowest BCUT2D eigenvalue weighted by molar-refractivity contribution is -0.114. The Balaban J connectivity index is 1.50. The van der Waals surface area contributed by atoms with E-state index in [2.05, 4.69) is 10.3 Å². The van der Waals surface area contributed by atoms with Crippen LogP contribution < -0.4 is 20.5 Å². The first-order chi connectivity index (χ1) is 20.7. The predicted octanol–water partition coefficient (Wildman–Crippen LogP) is 4.18. The van der Waals surface area contributed by atoms with E-state index in [9.17, 15) is 14.7 Å². The molecule has 1 aromatic heterocycles. The molecule has 1 aliphatic rings. The molecule has 3 atom stereocenters. The fourth-order valence-electron chi connectivity index (χ4n) is 5.38. The maximum atomic E-state index is 12.8. The third-order valence-corrected chi connectivity index (χ3v) is 7.58. The second-order valence-electron chi connectivity index (χ2n) is 10.4. The van der Waals surface area contributed by atoms with Crippen molar-refractivity contribution >= 4 is 11.7 Å². The van der Waals surface area contributed by atoms with Crippen LogP contribution in [-0.2, 0) is 19.9 Å². The molecule has 5 rings (SSSR count). The van der Waals surface area contributed by atoms with Crippen molar-refractivity contribution in [3.63, 3.8) is 0 Å². The molecule has 2 N–H and O–H groups in total. The van der Waals surface area contributed by atoms with E-state index in [0.717, 1.165) is 16.7 Å². The molecule has 1 fully saturated rings. The Hall–Kier alpha value is -4.51. The number of rotatable bonds is 10. The van der Waals surface area contributed by atoms with Crippen molar-refractivity contribution in [2.45, 2.75) is 44.3 Å². The van der Waals surface area contributed by atoms with E-state index in [-0.39, 0.29) is 24.8 Å². The quantitative estimate of drug-likeness (QED) is 0.266. The smallest absolute Gasteiger partial charge is 0.351 e. The SMILES string of the molecule is COc1ccc(C(OC[C@H]2O[C@@H](n3cc(C)c(NC(C)=O)nc3=O)C[C@@H]2O)(c2ccccc2)c2ccc(OC)cc2)cc1. The minimum atomic E-state index is -1.09. The van der Waals surface area contributed by atoms with Crippen LogP contribution in [0.1, 0.15) is 41.8 Å². The minimum Gasteiger partial charge on any atom is -0.497 e. The number of methoxy groups -OCH3 is 2. The fourth-order valence-corrected chi connectivity index (χ4v) is 5.38.